The molecule has 4 nitrogen and oxygen atoms in total. The second-order valence-corrected chi connectivity index (χ2v) is 4.46. The Bertz CT molecular complexity index is 573. The van der Waals surface area contributed by atoms with Crippen molar-refractivity contribution in [3.05, 3.63) is 47.0 Å². The molecule has 0 fully saturated rings. The lowest BCUT2D eigenvalue weighted by atomic mass is 10.0. The van der Waals surface area contributed by atoms with Crippen LogP contribution >= 0.6 is 0 Å². The number of carbonyl (C=O) groups is 1. The molecular weight excluding hydrogens is 214 g/mol. The Morgan fingerprint density at radius 3 is 3.00 bits per heavy atom. The van der Waals surface area contributed by atoms with Crippen LogP contribution in [0.2, 0.25) is 0 Å². The summed E-state index contributed by atoms with van der Waals surface area (Å²) in [7, 11) is 0. The second-order valence-electron chi connectivity index (χ2n) is 4.46. The van der Waals surface area contributed by atoms with E-state index in [0.717, 1.165) is 17.5 Å². The van der Waals surface area contributed by atoms with Gasteiger partial charge in [0.25, 0.3) is 0 Å². The number of fused-ring (bicyclic) bond motifs is 1. The molecular formula is C13H13N3O. The number of carbonyl (C=O) groups excluding carboxylic acids is 1. The van der Waals surface area contributed by atoms with Gasteiger partial charge in [-0.25, -0.2) is 9.67 Å². The van der Waals surface area contributed by atoms with Gasteiger partial charge in [0.15, 0.2) is 5.78 Å². The minimum Gasteiger partial charge on any atom is -0.294 e. The van der Waals surface area contributed by atoms with E-state index in [1.807, 2.05) is 6.07 Å². The van der Waals surface area contributed by atoms with E-state index in [-0.39, 0.29) is 5.78 Å². The molecule has 0 amide bonds. The normalized spacial score (nSPS) is 14.1. The van der Waals surface area contributed by atoms with Gasteiger partial charge in [-0.3, -0.25) is 4.79 Å². The summed E-state index contributed by atoms with van der Waals surface area (Å²) in [5, 5.41) is 4.07. The highest BCUT2D eigenvalue weighted by Crippen LogP contribution is 2.26. The third kappa shape index (κ3) is 1.75. The monoisotopic (exact) mass is 227 g/mol. The first kappa shape index (κ1) is 10.2. The van der Waals surface area contributed by atoms with E-state index in [9.17, 15) is 4.79 Å². The number of hydrogen-bond donors (Lipinski definition) is 0. The van der Waals surface area contributed by atoms with Gasteiger partial charge in [0.05, 0.1) is 6.54 Å². The zero-order valence-electron chi connectivity index (χ0n) is 9.68. The fourth-order valence-electron chi connectivity index (χ4n) is 2.44. The summed E-state index contributed by atoms with van der Waals surface area (Å²) < 4.78 is 1.76. The maximum Gasteiger partial charge on any atom is 0.163 e. The van der Waals surface area contributed by atoms with Crippen LogP contribution in [0.5, 0.6) is 0 Å². The molecule has 0 saturated heterocycles. The Kier molecular flexibility index (Phi) is 2.28. The Morgan fingerprint density at radius 1 is 1.35 bits per heavy atom. The molecule has 0 spiro atoms. The van der Waals surface area contributed by atoms with Gasteiger partial charge in [0.2, 0.25) is 0 Å². The molecule has 0 aliphatic heterocycles. The Labute approximate surface area is 99.3 Å². The molecule has 0 bridgehead atoms. The number of nitrogens with zero attached hydrogens (tertiary/aromatic N) is 3. The molecule has 1 aliphatic carbocycles. The van der Waals surface area contributed by atoms with Crippen molar-refractivity contribution < 1.29 is 4.79 Å². The molecule has 2 aromatic rings. The van der Waals surface area contributed by atoms with Crippen LogP contribution in [0.1, 0.15) is 33.5 Å². The average molecular weight is 227 g/mol. The lowest BCUT2D eigenvalue weighted by molar-refractivity contribution is 0.0994. The van der Waals surface area contributed by atoms with Crippen LogP contribution < -0.4 is 0 Å². The van der Waals surface area contributed by atoms with Gasteiger partial charge in [0, 0.05) is 12.0 Å². The van der Waals surface area contributed by atoms with E-state index in [4.69, 9.17) is 0 Å². The van der Waals surface area contributed by atoms with Crippen molar-refractivity contribution in [1.82, 2.24) is 14.8 Å². The van der Waals surface area contributed by atoms with E-state index in [2.05, 4.69) is 23.1 Å². The molecule has 86 valence electrons. The number of benzene rings is 1. The van der Waals surface area contributed by atoms with Crippen LogP contribution in [0.4, 0.5) is 0 Å². The molecule has 0 N–H and O–H groups in total. The molecule has 1 aliphatic rings. The van der Waals surface area contributed by atoms with Gasteiger partial charge >= 0.3 is 0 Å². The summed E-state index contributed by atoms with van der Waals surface area (Å²) in [6.07, 6.45) is 4.75. The highest BCUT2D eigenvalue weighted by Gasteiger charge is 2.21. The summed E-state index contributed by atoms with van der Waals surface area (Å²) in [5.41, 5.74) is 4.45. The van der Waals surface area contributed by atoms with Crippen LogP contribution in [0.3, 0.4) is 0 Å². The molecule has 17 heavy (non-hydrogen) atoms. The Morgan fingerprint density at radius 2 is 2.24 bits per heavy atom. The number of ketones is 1. The van der Waals surface area contributed by atoms with Crippen LogP contribution in [0.15, 0.2) is 24.8 Å². The Hall–Kier alpha value is -1.97. The number of hydrogen-bond acceptors (Lipinski definition) is 3. The summed E-state index contributed by atoms with van der Waals surface area (Å²) in [5.74, 6) is 0.267. The second kappa shape index (κ2) is 3.80. The first-order chi connectivity index (χ1) is 8.24. The fourth-order valence-corrected chi connectivity index (χ4v) is 2.44. The third-order valence-corrected chi connectivity index (χ3v) is 3.25. The number of aromatic nitrogens is 3. The maximum atomic E-state index is 11.7. The summed E-state index contributed by atoms with van der Waals surface area (Å²) >= 11 is 0. The predicted molar refractivity (Wildman–Crippen MR) is 63.0 cm³/mol. The molecule has 0 saturated carbocycles. The van der Waals surface area contributed by atoms with Crippen LogP contribution in [0.25, 0.3) is 0 Å². The van der Waals surface area contributed by atoms with Crippen molar-refractivity contribution in [2.24, 2.45) is 0 Å². The Balaban J connectivity index is 1.99. The number of rotatable bonds is 2. The summed E-state index contributed by atoms with van der Waals surface area (Å²) in [6, 6.07) is 4.14. The third-order valence-electron chi connectivity index (χ3n) is 3.25. The van der Waals surface area contributed by atoms with Gasteiger partial charge in [-0.15, -0.1) is 0 Å². The fraction of sp³-hybridized carbons (Fsp3) is 0.308. The quantitative estimate of drug-likeness (QED) is 0.785. The van der Waals surface area contributed by atoms with E-state index in [1.165, 1.54) is 17.5 Å². The van der Waals surface area contributed by atoms with Crippen molar-refractivity contribution >= 4 is 5.78 Å². The number of Topliss-reactive ketones (excluding diaryl/α,β-unsaturated/α-hetero) is 1. The first-order valence-corrected chi connectivity index (χ1v) is 5.72. The predicted octanol–water partition coefficient (Wildman–Crippen LogP) is 1.76. The van der Waals surface area contributed by atoms with Crippen molar-refractivity contribution in [3.63, 3.8) is 0 Å². The molecule has 0 radical (unpaired) electrons. The van der Waals surface area contributed by atoms with Gasteiger partial charge in [-0.05, 0) is 36.1 Å². The van der Waals surface area contributed by atoms with Crippen molar-refractivity contribution in [1.29, 1.82) is 0 Å². The topological polar surface area (TPSA) is 47.8 Å². The molecule has 1 aromatic carbocycles. The van der Waals surface area contributed by atoms with Gasteiger partial charge in [0.1, 0.15) is 12.7 Å². The largest absolute Gasteiger partial charge is 0.294 e. The van der Waals surface area contributed by atoms with Gasteiger partial charge < -0.3 is 0 Å². The lowest BCUT2D eigenvalue weighted by Gasteiger charge is -2.07. The SMILES string of the molecule is Cc1cc(Cn2cncn2)cc2c1CCC2=O. The minimum absolute atomic E-state index is 0.267. The number of aryl methyl sites for hydroxylation is 1. The summed E-state index contributed by atoms with van der Waals surface area (Å²) in [4.78, 5) is 15.7. The van der Waals surface area contributed by atoms with Crippen LogP contribution in [-0.4, -0.2) is 20.5 Å². The minimum atomic E-state index is 0.267. The van der Waals surface area contributed by atoms with Crippen molar-refractivity contribution in [3.8, 4) is 0 Å². The lowest BCUT2D eigenvalue weighted by Crippen LogP contribution is -2.03. The zero-order valence-corrected chi connectivity index (χ0v) is 9.68. The maximum absolute atomic E-state index is 11.7. The zero-order chi connectivity index (χ0) is 11.8. The standard InChI is InChI=1S/C13H13N3O/c1-9-4-10(6-16-8-14-7-15-16)5-12-11(9)2-3-13(12)17/h4-5,7-8H,2-3,6H2,1H3. The molecule has 1 aromatic heterocycles. The van der Waals surface area contributed by atoms with E-state index in [0.29, 0.717) is 13.0 Å². The van der Waals surface area contributed by atoms with Gasteiger partial charge in [-0.2, -0.15) is 5.10 Å². The van der Waals surface area contributed by atoms with Crippen LogP contribution in [-0.2, 0) is 13.0 Å². The molecule has 0 atom stereocenters. The first-order valence-electron chi connectivity index (χ1n) is 5.72. The average Bonchev–Trinajstić information content (AvgIpc) is 2.90. The smallest absolute Gasteiger partial charge is 0.163 e. The van der Waals surface area contributed by atoms with E-state index < -0.39 is 0 Å². The molecule has 4 heteroatoms. The van der Waals surface area contributed by atoms with E-state index in [1.54, 1.807) is 11.0 Å². The van der Waals surface area contributed by atoms with E-state index >= 15 is 0 Å². The van der Waals surface area contributed by atoms with Crippen molar-refractivity contribution in [2.75, 3.05) is 0 Å². The molecule has 0 unspecified atom stereocenters. The van der Waals surface area contributed by atoms with Gasteiger partial charge in [-0.1, -0.05) is 6.07 Å². The van der Waals surface area contributed by atoms with Crippen LogP contribution in [0, 0.1) is 6.92 Å². The molecule has 1 heterocycles. The highest BCUT2D eigenvalue weighted by molar-refractivity contribution is 6.00. The van der Waals surface area contributed by atoms with Crippen molar-refractivity contribution in [2.45, 2.75) is 26.3 Å². The molecule has 3 rings (SSSR count). The summed E-state index contributed by atoms with van der Waals surface area (Å²) in [6.45, 7) is 2.74. The highest BCUT2D eigenvalue weighted by atomic mass is 16.1.